The SMILES string of the molecule is CC(C)(C)C.CN(C(=O)CCCn1c(N)nc2ccc(Oc3ccccc3)cc21)C1CCCC1. The fourth-order valence-electron chi connectivity index (χ4n) is 4.10. The Morgan fingerprint density at radius 1 is 1.09 bits per heavy atom. The molecule has 1 saturated carbocycles. The molecule has 1 fully saturated rings. The maximum Gasteiger partial charge on any atom is 0.222 e. The van der Waals surface area contributed by atoms with Crippen LogP contribution < -0.4 is 10.5 Å². The number of hydrogen-bond acceptors (Lipinski definition) is 4. The number of carbonyl (C=O) groups excluding carboxylic acids is 1. The van der Waals surface area contributed by atoms with Crippen molar-refractivity contribution in [2.45, 2.75) is 78.8 Å². The third kappa shape index (κ3) is 7.51. The number of fused-ring (bicyclic) bond motifs is 1. The van der Waals surface area contributed by atoms with Gasteiger partial charge in [0.25, 0.3) is 0 Å². The van der Waals surface area contributed by atoms with Crippen LogP contribution in [0.25, 0.3) is 11.0 Å². The van der Waals surface area contributed by atoms with Crippen LogP contribution in [-0.4, -0.2) is 33.4 Å². The van der Waals surface area contributed by atoms with Gasteiger partial charge in [-0.15, -0.1) is 0 Å². The van der Waals surface area contributed by atoms with Crippen LogP contribution in [0, 0.1) is 5.41 Å². The van der Waals surface area contributed by atoms with Crippen molar-refractivity contribution in [3.05, 3.63) is 48.5 Å². The number of ether oxygens (including phenoxy) is 1. The maximum absolute atomic E-state index is 12.5. The molecule has 4 rings (SSSR count). The highest BCUT2D eigenvalue weighted by molar-refractivity contribution is 5.80. The molecule has 0 aliphatic heterocycles. The van der Waals surface area contributed by atoms with Gasteiger partial charge in [0, 0.05) is 32.1 Å². The number of aromatic nitrogens is 2. The maximum atomic E-state index is 12.5. The molecule has 0 spiro atoms. The summed E-state index contributed by atoms with van der Waals surface area (Å²) in [4.78, 5) is 18.9. The fourth-order valence-corrected chi connectivity index (χ4v) is 4.10. The lowest BCUT2D eigenvalue weighted by Gasteiger charge is -2.24. The Morgan fingerprint density at radius 3 is 2.38 bits per heavy atom. The number of rotatable bonds is 7. The van der Waals surface area contributed by atoms with Crippen molar-refractivity contribution in [3.8, 4) is 11.5 Å². The molecule has 184 valence electrons. The Morgan fingerprint density at radius 2 is 1.74 bits per heavy atom. The topological polar surface area (TPSA) is 73.4 Å². The first-order valence-corrected chi connectivity index (χ1v) is 12.4. The van der Waals surface area contributed by atoms with E-state index in [4.69, 9.17) is 10.5 Å². The van der Waals surface area contributed by atoms with Crippen LogP contribution in [0.15, 0.2) is 48.5 Å². The summed E-state index contributed by atoms with van der Waals surface area (Å²) >= 11 is 0. The molecular weight excluding hydrogens is 424 g/mol. The normalized spacial score (nSPS) is 14.0. The second-order valence-corrected chi connectivity index (χ2v) is 10.7. The zero-order valence-electron chi connectivity index (χ0n) is 21.4. The fraction of sp³-hybridized carbons (Fsp3) is 0.500. The van der Waals surface area contributed by atoms with Gasteiger partial charge in [0.15, 0.2) is 0 Å². The second-order valence-electron chi connectivity index (χ2n) is 10.7. The van der Waals surface area contributed by atoms with E-state index in [1.807, 2.05) is 65.0 Å². The van der Waals surface area contributed by atoms with E-state index in [1.165, 1.54) is 12.8 Å². The quantitative estimate of drug-likeness (QED) is 0.425. The minimum atomic E-state index is 0.216. The molecular formula is C28H40N4O2. The number of nitrogens with two attached hydrogens (primary N) is 1. The van der Waals surface area contributed by atoms with Crippen molar-refractivity contribution in [1.29, 1.82) is 0 Å². The van der Waals surface area contributed by atoms with Crippen molar-refractivity contribution in [1.82, 2.24) is 14.5 Å². The molecule has 6 heteroatoms. The van der Waals surface area contributed by atoms with Gasteiger partial charge in [-0.05, 0) is 48.9 Å². The number of nitrogens with zero attached hydrogens (tertiary/aromatic N) is 3. The van der Waals surface area contributed by atoms with Gasteiger partial charge in [0.05, 0.1) is 11.0 Å². The van der Waals surface area contributed by atoms with Crippen LogP contribution in [0.2, 0.25) is 0 Å². The molecule has 34 heavy (non-hydrogen) atoms. The van der Waals surface area contributed by atoms with E-state index in [9.17, 15) is 4.79 Å². The summed E-state index contributed by atoms with van der Waals surface area (Å²) in [5.41, 5.74) is 8.40. The van der Waals surface area contributed by atoms with Gasteiger partial charge in [-0.2, -0.15) is 0 Å². The summed E-state index contributed by atoms with van der Waals surface area (Å²) in [7, 11) is 1.94. The number of benzene rings is 2. The standard InChI is InChI=1S/C23H28N4O2.C5H12/c1-26(17-8-5-6-9-17)22(28)12-7-15-27-21-16-19(13-14-20(21)25-23(27)24)29-18-10-3-2-4-11-18;1-5(2,3)4/h2-4,10-11,13-14,16-17H,5-9,12,15H2,1H3,(H2,24,25);1-4H3. The van der Waals surface area contributed by atoms with Crippen molar-refractivity contribution in [2.75, 3.05) is 12.8 Å². The number of nitrogen functional groups attached to an aromatic ring is 1. The van der Waals surface area contributed by atoms with Gasteiger partial charge in [-0.25, -0.2) is 4.98 Å². The smallest absolute Gasteiger partial charge is 0.222 e. The van der Waals surface area contributed by atoms with Gasteiger partial charge in [-0.1, -0.05) is 58.7 Å². The third-order valence-electron chi connectivity index (χ3n) is 5.77. The van der Waals surface area contributed by atoms with E-state index < -0.39 is 0 Å². The number of para-hydroxylation sites is 1. The third-order valence-corrected chi connectivity index (χ3v) is 5.77. The zero-order chi connectivity index (χ0) is 24.7. The Hall–Kier alpha value is -3.02. The van der Waals surface area contributed by atoms with Crippen molar-refractivity contribution in [3.63, 3.8) is 0 Å². The van der Waals surface area contributed by atoms with Gasteiger partial charge < -0.3 is 19.9 Å². The molecule has 3 aromatic rings. The molecule has 1 aliphatic carbocycles. The zero-order valence-corrected chi connectivity index (χ0v) is 21.4. The molecule has 1 heterocycles. The first kappa shape index (κ1) is 25.6. The summed E-state index contributed by atoms with van der Waals surface area (Å²) < 4.78 is 7.91. The van der Waals surface area contributed by atoms with Crippen LogP contribution in [0.3, 0.4) is 0 Å². The van der Waals surface area contributed by atoms with Gasteiger partial charge in [-0.3, -0.25) is 4.79 Å². The van der Waals surface area contributed by atoms with E-state index in [-0.39, 0.29) is 5.91 Å². The van der Waals surface area contributed by atoms with E-state index in [1.54, 1.807) is 0 Å². The Bertz CT molecular complexity index is 1060. The Labute approximate surface area is 204 Å². The molecule has 0 saturated heterocycles. The highest BCUT2D eigenvalue weighted by atomic mass is 16.5. The summed E-state index contributed by atoms with van der Waals surface area (Å²) in [6, 6.07) is 15.9. The minimum absolute atomic E-state index is 0.216. The van der Waals surface area contributed by atoms with E-state index in [0.717, 1.165) is 41.8 Å². The first-order chi connectivity index (χ1) is 16.1. The number of anilines is 1. The number of imidazole rings is 1. The van der Waals surface area contributed by atoms with Gasteiger partial charge >= 0.3 is 0 Å². The van der Waals surface area contributed by atoms with Crippen LogP contribution in [0.5, 0.6) is 11.5 Å². The number of aryl methyl sites for hydroxylation is 1. The Balaban J connectivity index is 0.000000588. The highest BCUT2D eigenvalue weighted by Gasteiger charge is 2.23. The van der Waals surface area contributed by atoms with Crippen molar-refractivity contribution in [2.24, 2.45) is 5.41 Å². The number of hydrogen-bond donors (Lipinski definition) is 1. The second kappa shape index (κ2) is 11.4. The largest absolute Gasteiger partial charge is 0.457 e. The summed E-state index contributed by atoms with van der Waals surface area (Å²) in [6.45, 7) is 9.40. The molecule has 0 radical (unpaired) electrons. The lowest BCUT2D eigenvalue weighted by Crippen LogP contribution is -2.35. The van der Waals surface area contributed by atoms with Crippen LogP contribution >= 0.6 is 0 Å². The van der Waals surface area contributed by atoms with Crippen molar-refractivity contribution >= 4 is 22.9 Å². The monoisotopic (exact) mass is 464 g/mol. The summed E-state index contributed by atoms with van der Waals surface area (Å²) in [5.74, 6) is 2.20. The number of carbonyl (C=O) groups is 1. The predicted molar refractivity (Wildman–Crippen MR) is 140 cm³/mol. The molecule has 1 amide bonds. The van der Waals surface area contributed by atoms with E-state index >= 15 is 0 Å². The lowest BCUT2D eigenvalue weighted by molar-refractivity contribution is -0.132. The molecule has 1 aromatic heterocycles. The molecule has 0 unspecified atom stereocenters. The number of amides is 1. The van der Waals surface area contributed by atoms with Crippen LogP contribution in [-0.2, 0) is 11.3 Å². The van der Waals surface area contributed by atoms with Crippen LogP contribution in [0.4, 0.5) is 5.95 Å². The van der Waals surface area contributed by atoms with E-state index in [2.05, 4.69) is 32.7 Å². The highest BCUT2D eigenvalue weighted by Crippen LogP contribution is 2.27. The molecule has 6 nitrogen and oxygen atoms in total. The molecule has 0 atom stereocenters. The van der Waals surface area contributed by atoms with E-state index in [0.29, 0.717) is 30.4 Å². The minimum Gasteiger partial charge on any atom is -0.457 e. The molecule has 2 N–H and O–H groups in total. The predicted octanol–water partition coefficient (Wildman–Crippen LogP) is 6.64. The Kier molecular flexibility index (Phi) is 8.59. The molecule has 2 aromatic carbocycles. The van der Waals surface area contributed by atoms with Crippen LogP contribution in [0.1, 0.15) is 66.2 Å². The molecule has 0 bridgehead atoms. The van der Waals surface area contributed by atoms with Crippen molar-refractivity contribution < 1.29 is 9.53 Å². The summed E-state index contributed by atoms with van der Waals surface area (Å²) in [5, 5.41) is 0. The average Bonchev–Trinajstić information content (AvgIpc) is 3.41. The first-order valence-electron chi connectivity index (χ1n) is 12.4. The van der Waals surface area contributed by atoms with Gasteiger partial charge in [0.2, 0.25) is 11.9 Å². The average molecular weight is 465 g/mol. The molecule has 1 aliphatic rings. The van der Waals surface area contributed by atoms with Gasteiger partial charge in [0.1, 0.15) is 11.5 Å². The summed E-state index contributed by atoms with van der Waals surface area (Å²) in [6.07, 6.45) is 5.97. The lowest BCUT2D eigenvalue weighted by atomic mass is 10.0.